The maximum absolute atomic E-state index is 11.7. The molecule has 0 spiro atoms. The standard InChI is InChI=1S/C12H21NO/c14-12-7-3-2-6-11(12)10-13-8-4-1-5-9-13/h11H,1-10H2/p+1. The van der Waals surface area contributed by atoms with Gasteiger partial charge in [-0.2, -0.15) is 0 Å². The van der Waals surface area contributed by atoms with E-state index in [9.17, 15) is 4.79 Å². The number of hydrogen-bond acceptors (Lipinski definition) is 1. The molecule has 0 radical (unpaired) electrons. The number of quaternary nitrogens is 1. The van der Waals surface area contributed by atoms with Crippen LogP contribution in [0.3, 0.4) is 0 Å². The van der Waals surface area contributed by atoms with Gasteiger partial charge in [0.1, 0.15) is 5.78 Å². The van der Waals surface area contributed by atoms with Crippen molar-refractivity contribution in [1.29, 1.82) is 0 Å². The smallest absolute Gasteiger partial charge is 0.141 e. The zero-order valence-electron chi connectivity index (χ0n) is 9.06. The van der Waals surface area contributed by atoms with Gasteiger partial charge in [-0.05, 0) is 32.1 Å². The Hall–Kier alpha value is -0.370. The van der Waals surface area contributed by atoms with Gasteiger partial charge in [-0.15, -0.1) is 0 Å². The molecular formula is C12H22NO+. The van der Waals surface area contributed by atoms with E-state index in [4.69, 9.17) is 0 Å². The minimum atomic E-state index is 0.414. The highest BCUT2D eigenvalue weighted by molar-refractivity contribution is 5.81. The van der Waals surface area contributed by atoms with Crippen LogP contribution in [0, 0.1) is 5.92 Å². The summed E-state index contributed by atoms with van der Waals surface area (Å²) < 4.78 is 0. The molecule has 1 aliphatic carbocycles. The van der Waals surface area contributed by atoms with Crippen molar-refractivity contribution < 1.29 is 9.69 Å². The van der Waals surface area contributed by atoms with Gasteiger partial charge in [-0.3, -0.25) is 4.79 Å². The van der Waals surface area contributed by atoms with Crippen LogP contribution >= 0.6 is 0 Å². The molecule has 2 fully saturated rings. The molecule has 14 heavy (non-hydrogen) atoms. The third-order valence-electron chi connectivity index (χ3n) is 3.78. The molecule has 1 saturated carbocycles. The normalized spacial score (nSPS) is 30.6. The van der Waals surface area contributed by atoms with Gasteiger partial charge in [-0.25, -0.2) is 0 Å². The van der Waals surface area contributed by atoms with Crippen molar-refractivity contribution in [2.45, 2.75) is 44.9 Å². The molecule has 2 aliphatic rings. The first-order valence-electron chi connectivity index (χ1n) is 6.22. The fourth-order valence-electron chi connectivity index (χ4n) is 2.88. The highest BCUT2D eigenvalue weighted by Crippen LogP contribution is 2.19. The summed E-state index contributed by atoms with van der Waals surface area (Å²) >= 11 is 0. The summed E-state index contributed by atoms with van der Waals surface area (Å²) in [7, 11) is 0. The lowest BCUT2D eigenvalue weighted by Gasteiger charge is -2.28. The molecule has 1 atom stereocenters. The Morgan fingerprint density at radius 2 is 1.86 bits per heavy atom. The minimum absolute atomic E-state index is 0.414. The van der Waals surface area contributed by atoms with E-state index in [1.807, 2.05) is 0 Å². The Kier molecular flexibility index (Phi) is 3.57. The molecular weight excluding hydrogens is 174 g/mol. The molecule has 1 N–H and O–H groups in total. The average Bonchev–Trinajstić information content (AvgIpc) is 2.23. The van der Waals surface area contributed by atoms with Crippen LogP contribution < -0.4 is 4.90 Å². The van der Waals surface area contributed by atoms with Crippen LogP contribution in [0.4, 0.5) is 0 Å². The first kappa shape index (κ1) is 10.2. The Morgan fingerprint density at radius 1 is 1.07 bits per heavy atom. The largest absolute Gasteiger partial charge is 0.334 e. The number of hydrogen-bond donors (Lipinski definition) is 1. The fraction of sp³-hybridized carbons (Fsp3) is 0.917. The van der Waals surface area contributed by atoms with Gasteiger partial charge in [0.25, 0.3) is 0 Å². The molecule has 1 saturated heterocycles. The van der Waals surface area contributed by atoms with E-state index in [-0.39, 0.29) is 0 Å². The molecule has 2 heteroatoms. The minimum Gasteiger partial charge on any atom is -0.334 e. The van der Waals surface area contributed by atoms with Gasteiger partial charge in [0.15, 0.2) is 0 Å². The van der Waals surface area contributed by atoms with Gasteiger partial charge in [-0.1, -0.05) is 6.42 Å². The van der Waals surface area contributed by atoms with Gasteiger partial charge in [0.05, 0.1) is 25.6 Å². The average molecular weight is 196 g/mol. The number of rotatable bonds is 2. The second-order valence-corrected chi connectivity index (χ2v) is 4.92. The summed E-state index contributed by atoms with van der Waals surface area (Å²) in [6.45, 7) is 3.76. The van der Waals surface area contributed by atoms with E-state index >= 15 is 0 Å². The lowest BCUT2D eigenvalue weighted by Crippen LogP contribution is -3.13. The van der Waals surface area contributed by atoms with E-state index in [2.05, 4.69) is 0 Å². The van der Waals surface area contributed by atoms with Crippen LogP contribution in [0.15, 0.2) is 0 Å². The number of carbonyl (C=O) groups excluding carboxylic acids is 1. The van der Waals surface area contributed by atoms with Crippen molar-refractivity contribution in [2.24, 2.45) is 5.92 Å². The molecule has 2 nitrogen and oxygen atoms in total. The maximum atomic E-state index is 11.7. The molecule has 80 valence electrons. The van der Waals surface area contributed by atoms with Crippen LogP contribution in [0.2, 0.25) is 0 Å². The van der Waals surface area contributed by atoms with E-state index in [0.29, 0.717) is 11.7 Å². The zero-order valence-corrected chi connectivity index (χ0v) is 9.06. The van der Waals surface area contributed by atoms with Crippen LogP contribution in [-0.4, -0.2) is 25.4 Å². The second kappa shape index (κ2) is 4.92. The summed E-state index contributed by atoms with van der Waals surface area (Å²) in [4.78, 5) is 13.3. The quantitative estimate of drug-likeness (QED) is 0.693. The number of Topliss-reactive ketones (excluding diaryl/α,β-unsaturated/α-hetero) is 1. The van der Waals surface area contributed by atoms with Crippen molar-refractivity contribution in [3.05, 3.63) is 0 Å². The number of likely N-dealkylation sites (tertiary alicyclic amines) is 1. The topological polar surface area (TPSA) is 21.5 Å². The van der Waals surface area contributed by atoms with Gasteiger partial charge in [0, 0.05) is 6.42 Å². The fourth-order valence-corrected chi connectivity index (χ4v) is 2.88. The SMILES string of the molecule is O=C1CCCCC1C[NH+]1CCCCC1. The molecule has 2 rings (SSSR count). The summed E-state index contributed by atoms with van der Waals surface area (Å²) in [6.07, 6.45) is 8.60. The van der Waals surface area contributed by atoms with Crippen molar-refractivity contribution in [3.8, 4) is 0 Å². The molecule has 0 aromatic heterocycles. The van der Waals surface area contributed by atoms with Crippen LogP contribution in [0.5, 0.6) is 0 Å². The summed E-state index contributed by atoms with van der Waals surface area (Å²) in [6, 6.07) is 0. The van der Waals surface area contributed by atoms with Crippen LogP contribution in [-0.2, 0) is 4.79 Å². The first-order chi connectivity index (χ1) is 6.86. The van der Waals surface area contributed by atoms with Crippen molar-refractivity contribution >= 4 is 5.78 Å². The Balaban J connectivity index is 1.79. The van der Waals surface area contributed by atoms with Crippen molar-refractivity contribution in [2.75, 3.05) is 19.6 Å². The monoisotopic (exact) mass is 196 g/mol. The number of nitrogens with one attached hydrogen (secondary N) is 1. The van der Waals surface area contributed by atoms with Crippen molar-refractivity contribution in [1.82, 2.24) is 0 Å². The Morgan fingerprint density at radius 3 is 2.57 bits per heavy atom. The third-order valence-corrected chi connectivity index (χ3v) is 3.78. The van der Waals surface area contributed by atoms with E-state index in [1.165, 1.54) is 45.2 Å². The van der Waals surface area contributed by atoms with Crippen LogP contribution in [0.1, 0.15) is 44.9 Å². The van der Waals surface area contributed by atoms with Crippen molar-refractivity contribution in [3.63, 3.8) is 0 Å². The maximum Gasteiger partial charge on any atom is 0.141 e. The number of piperidine rings is 1. The molecule has 0 aromatic rings. The van der Waals surface area contributed by atoms with E-state index in [0.717, 1.165) is 19.4 Å². The first-order valence-corrected chi connectivity index (χ1v) is 6.22. The zero-order chi connectivity index (χ0) is 9.80. The molecule has 1 aliphatic heterocycles. The van der Waals surface area contributed by atoms with Gasteiger partial charge < -0.3 is 4.90 Å². The predicted octanol–water partition coefficient (Wildman–Crippen LogP) is 0.814. The summed E-state index contributed by atoms with van der Waals surface area (Å²) in [5, 5.41) is 0. The van der Waals surface area contributed by atoms with Crippen LogP contribution in [0.25, 0.3) is 0 Å². The molecule has 0 aromatic carbocycles. The molecule has 0 bridgehead atoms. The molecule has 0 amide bonds. The lowest BCUT2D eigenvalue weighted by molar-refractivity contribution is -0.907. The third kappa shape index (κ3) is 2.57. The van der Waals surface area contributed by atoms with Gasteiger partial charge >= 0.3 is 0 Å². The highest BCUT2D eigenvalue weighted by atomic mass is 16.1. The Bertz CT molecular complexity index is 196. The van der Waals surface area contributed by atoms with E-state index in [1.54, 1.807) is 4.90 Å². The predicted molar refractivity (Wildman–Crippen MR) is 56.4 cm³/mol. The number of carbonyl (C=O) groups is 1. The van der Waals surface area contributed by atoms with E-state index < -0.39 is 0 Å². The highest BCUT2D eigenvalue weighted by Gasteiger charge is 2.27. The lowest BCUT2D eigenvalue weighted by atomic mass is 9.87. The summed E-state index contributed by atoms with van der Waals surface area (Å²) in [5.41, 5.74) is 0. The number of ketones is 1. The second-order valence-electron chi connectivity index (χ2n) is 4.92. The van der Waals surface area contributed by atoms with Gasteiger partial charge in [0.2, 0.25) is 0 Å². The molecule has 1 unspecified atom stereocenters. The Labute approximate surface area is 86.7 Å². The molecule has 1 heterocycles. The summed E-state index contributed by atoms with van der Waals surface area (Å²) in [5.74, 6) is 0.964.